The number of hydrogen-bond acceptors (Lipinski definition) is 1. The zero-order chi connectivity index (χ0) is 37.1. The average Bonchev–Trinajstić information content (AvgIpc) is 3.77. The van der Waals surface area contributed by atoms with Crippen molar-refractivity contribution in [2.24, 2.45) is 0 Å². The fraction of sp³-hybridized carbons (Fsp3) is 0.111. The van der Waals surface area contributed by atoms with Crippen LogP contribution in [0.3, 0.4) is 0 Å². The first kappa shape index (κ1) is 32.0. The molecule has 0 radical (unpaired) electrons. The second-order valence-corrected chi connectivity index (χ2v) is 16.2. The summed E-state index contributed by atoms with van der Waals surface area (Å²) in [4.78, 5) is 2.47. The molecule has 1 spiro atoms. The van der Waals surface area contributed by atoms with E-state index in [1.54, 1.807) is 0 Å². The average molecular weight is 704 g/mol. The highest BCUT2D eigenvalue weighted by Crippen LogP contribution is 2.63. The van der Waals surface area contributed by atoms with Crippen LogP contribution in [0.2, 0.25) is 0 Å². The van der Waals surface area contributed by atoms with Crippen LogP contribution >= 0.6 is 0 Å². The van der Waals surface area contributed by atoms with Crippen molar-refractivity contribution in [3.05, 3.63) is 238 Å². The molecule has 1 atom stereocenters. The molecule has 0 bridgehead atoms. The Morgan fingerprint density at radius 2 is 0.945 bits per heavy atom. The van der Waals surface area contributed by atoms with Crippen LogP contribution in [0.4, 0.5) is 11.4 Å². The molecule has 0 heterocycles. The standard InChI is InChI=1S/C54H41N/c1-34-21-23-36(24-22-34)40-28-25-37(31-35(40)2)55(38-26-29-45-41-13-5-9-17-47(41)53(3,4)51(45)32-38)39-27-30-46-44-16-8-12-20-50(44)54(52(46)33-39)48-18-10-6-14-42(48)43-15-7-11-19-49(43)54/h5-33,40H,2H2,1,3-4H3. The van der Waals surface area contributed by atoms with Crippen LogP contribution in [0.5, 0.6) is 0 Å². The van der Waals surface area contributed by atoms with Gasteiger partial charge in [0.2, 0.25) is 0 Å². The molecule has 0 saturated carbocycles. The molecule has 0 fully saturated rings. The summed E-state index contributed by atoms with van der Waals surface area (Å²) in [5.41, 5.74) is 22.5. The van der Waals surface area contributed by atoms with Crippen molar-refractivity contribution in [1.29, 1.82) is 0 Å². The predicted molar refractivity (Wildman–Crippen MR) is 229 cm³/mol. The van der Waals surface area contributed by atoms with Crippen molar-refractivity contribution in [2.75, 3.05) is 4.90 Å². The fourth-order valence-electron chi connectivity index (χ4n) is 10.4. The maximum atomic E-state index is 4.66. The second kappa shape index (κ2) is 11.5. The van der Waals surface area contributed by atoms with E-state index in [-0.39, 0.29) is 11.3 Å². The van der Waals surface area contributed by atoms with Crippen LogP contribution in [0, 0.1) is 6.92 Å². The van der Waals surface area contributed by atoms with Crippen LogP contribution in [0.1, 0.15) is 64.3 Å². The van der Waals surface area contributed by atoms with E-state index in [0.29, 0.717) is 0 Å². The summed E-state index contributed by atoms with van der Waals surface area (Å²) in [6.45, 7) is 11.5. The molecular formula is C54H41N. The summed E-state index contributed by atoms with van der Waals surface area (Å²) in [6, 6.07) is 59.2. The lowest BCUT2D eigenvalue weighted by molar-refractivity contribution is 0.660. The highest BCUT2D eigenvalue weighted by molar-refractivity contribution is 5.96. The van der Waals surface area contributed by atoms with Crippen molar-refractivity contribution in [2.45, 2.75) is 37.5 Å². The van der Waals surface area contributed by atoms with Gasteiger partial charge < -0.3 is 4.90 Å². The van der Waals surface area contributed by atoms with E-state index in [4.69, 9.17) is 0 Å². The first-order chi connectivity index (χ1) is 26.9. The van der Waals surface area contributed by atoms with Crippen molar-refractivity contribution < 1.29 is 0 Å². The van der Waals surface area contributed by atoms with Gasteiger partial charge in [0.05, 0.1) is 5.41 Å². The lowest BCUT2D eigenvalue weighted by atomic mass is 9.70. The van der Waals surface area contributed by atoms with Gasteiger partial charge in [0.25, 0.3) is 0 Å². The molecule has 55 heavy (non-hydrogen) atoms. The molecule has 0 saturated heterocycles. The maximum absolute atomic E-state index is 4.66. The molecule has 0 amide bonds. The Bertz CT molecular complexity index is 2760. The van der Waals surface area contributed by atoms with Crippen molar-refractivity contribution >= 4 is 11.4 Å². The molecule has 0 N–H and O–H groups in total. The van der Waals surface area contributed by atoms with Gasteiger partial charge in [-0.1, -0.05) is 166 Å². The lowest BCUT2D eigenvalue weighted by Crippen LogP contribution is -2.26. The minimum atomic E-state index is -0.417. The van der Waals surface area contributed by atoms with Gasteiger partial charge in [0, 0.05) is 28.4 Å². The third-order valence-corrected chi connectivity index (χ3v) is 13.0. The van der Waals surface area contributed by atoms with Crippen LogP contribution < -0.4 is 4.90 Å². The van der Waals surface area contributed by atoms with Crippen LogP contribution in [0.25, 0.3) is 33.4 Å². The van der Waals surface area contributed by atoms with Crippen LogP contribution in [0.15, 0.2) is 194 Å². The normalized spacial score (nSPS) is 17.2. The van der Waals surface area contributed by atoms with Gasteiger partial charge in [-0.05, 0) is 121 Å². The van der Waals surface area contributed by atoms with Gasteiger partial charge in [-0.15, -0.1) is 0 Å². The molecule has 4 aliphatic rings. The van der Waals surface area contributed by atoms with E-state index >= 15 is 0 Å². The van der Waals surface area contributed by atoms with E-state index in [0.717, 1.165) is 22.6 Å². The monoisotopic (exact) mass is 703 g/mol. The van der Waals surface area contributed by atoms with Gasteiger partial charge in [-0.3, -0.25) is 0 Å². The van der Waals surface area contributed by atoms with Gasteiger partial charge in [-0.25, -0.2) is 0 Å². The summed E-state index contributed by atoms with van der Waals surface area (Å²) in [5.74, 6) is 0.129. The largest absolute Gasteiger partial charge is 0.310 e. The Balaban J connectivity index is 1.13. The molecule has 7 aromatic rings. The fourth-order valence-corrected chi connectivity index (χ4v) is 10.4. The highest BCUT2D eigenvalue weighted by atomic mass is 15.1. The number of benzene rings is 7. The lowest BCUT2D eigenvalue weighted by Gasteiger charge is -2.34. The summed E-state index contributed by atoms with van der Waals surface area (Å²) < 4.78 is 0. The summed E-state index contributed by atoms with van der Waals surface area (Å²) in [7, 11) is 0. The molecule has 1 nitrogen and oxygen atoms in total. The molecule has 7 aromatic carbocycles. The van der Waals surface area contributed by atoms with Crippen LogP contribution in [-0.4, -0.2) is 0 Å². The summed E-state index contributed by atoms with van der Waals surface area (Å²) >= 11 is 0. The van der Waals surface area contributed by atoms with E-state index in [2.05, 4.69) is 208 Å². The minimum Gasteiger partial charge on any atom is -0.310 e. The molecule has 0 aromatic heterocycles. The second-order valence-electron chi connectivity index (χ2n) is 16.2. The number of anilines is 2. The first-order valence-corrected chi connectivity index (χ1v) is 19.5. The van der Waals surface area contributed by atoms with E-state index in [1.165, 1.54) is 77.9 Å². The number of fused-ring (bicyclic) bond motifs is 13. The molecule has 11 rings (SSSR count). The van der Waals surface area contributed by atoms with Crippen molar-refractivity contribution in [1.82, 2.24) is 0 Å². The molecule has 1 unspecified atom stereocenters. The molecule has 1 heteroatoms. The smallest absolute Gasteiger partial charge is 0.0726 e. The van der Waals surface area contributed by atoms with Gasteiger partial charge >= 0.3 is 0 Å². The van der Waals surface area contributed by atoms with Crippen LogP contribution in [-0.2, 0) is 10.8 Å². The Morgan fingerprint density at radius 1 is 0.491 bits per heavy atom. The number of rotatable bonds is 4. The van der Waals surface area contributed by atoms with Gasteiger partial charge in [0.1, 0.15) is 0 Å². The Hall–Kier alpha value is -6.44. The van der Waals surface area contributed by atoms with Gasteiger partial charge in [-0.2, -0.15) is 0 Å². The molecule has 262 valence electrons. The maximum Gasteiger partial charge on any atom is 0.0726 e. The molecule has 4 aliphatic carbocycles. The van der Waals surface area contributed by atoms with E-state index in [1.807, 2.05) is 0 Å². The first-order valence-electron chi connectivity index (χ1n) is 19.5. The Morgan fingerprint density at radius 3 is 1.49 bits per heavy atom. The number of nitrogens with zero attached hydrogens (tertiary/aromatic N) is 1. The summed E-state index contributed by atoms with van der Waals surface area (Å²) in [5, 5.41) is 0. The number of aryl methyl sites for hydroxylation is 1. The quantitative estimate of drug-likeness (QED) is 0.176. The Labute approximate surface area is 324 Å². The predicted octanol–water partition coefficient (Wildman–Crippen LogP) is 13.6. The van der Waals surface area contributed by atoms with Crippen molar-refractivity contribution in [3.8, 4) is 33.4 Å². The highest BCUT2D eigenvalue weighted by Gasteiger charge is 2.51. The van der Waals surface area contributed by atoms with E-state index < -0.39 is 5.41 Å². The summed E-state index contributed by atoms with van der Waals surface area (Å²) in [6.07, 6.45) is 6.94. The van der Waals surface area contributed by atoms with Crippen molar-refractivity contribution in [3.63, 3.8) is 0 Å². The molecule has 0 aliphatic heterocycles. The third-order valence-electron chi connectivity index (χ3n) is 13.0. The van der Waals surface area contributed by atoms with E-state index in [9.17, 15) is 0 Å². The van der Waals surface area contributed by atoms with Gasteiger partial charge in [0.15, 0.2) is 0 Å². The number of allylic oxidation sites excluding steroid dienone is 4. The number of hydrogen-bond donors (Lipinski definition) is 0. The zero-order valence-corrected chi connectivity index (χ0v) is 31.5. The Kier molecular flexibility index (Phi) is 6.72. The SMILES string of the molecule is C=C1C=C(N(c2ccc3c(c2)C(C)(C)c2ccccc2-3)c2ccc3c(c2)C2(c4ccccc4-c4ccccc42)c2ccccc2-3)C=CC1c1ccc(C)cc1. The minimum absolute atomic E-state index is 0.120. The third kappa shape index (κ3) is 4.36. The topological polar surface area (TPSA) is 3.24 Å². The molecular weight excluding hydrogens is 663 g/mol. The zero-order valence-electron chi connectivity index (χ0n) is 31.5.